The SMILES string of the molecule is O=C(OC(OCCC(F)(F)S(=O)(=O)O)(C(=O)Oc1ccc(C(F)(F)F)cc1)C(F)(F)F)C1CCCCC1. The molecule has 210 valence electrons. The van der Waals surface area contributed by atoms with E-state index >= 15 is 0 Å². The molecule has 0 amide bonds. The van der Waals surface area contributed by atoms with Crippen LogP contribution in [0.1, 0.15) is 44.1 Å². The van der Waals surface area contributed by atoms with Crippen LogP contribution < -0.4 is 4.74 Å². The van der Waals surface area contributed by atoms with Gasteiger partial charge in [-0.05, 0) is 37.1 Å². The molecule has 1 aliphatic rings. The number of esters is 2. The van der Waals surface area contributed by atoms with Crippen LogP contribution in [0.5, 0.6) is 5.75 Å². The van der Waals surface area contributed by atoms with Crippen LogP contribution in [-0.4, -0.2) is 48.7 Å². The van der Waals surface area contributed by atoms with Crippen molar-refractivity contribution in [3.63, 3.8) is 0 Å². The zero-order valence-corrected chi connectivity index (χ0v) is 19.4. The molecular weight excluding hydrogens is 552 g/mol. The molecule has 1 aromatic rings. The molecule has 0 spiro atoms. The van der Waals surface area contributed by atoms with Crippen molar-refractivity contribution in [2.45, 2.75) is 61.9 Å². The molecule has 1 fully saturated rings. The molecule has 1 N–H and O–H groups in total. The summed E-state index contributed by atoms with van der Waals surface area (Å²) in [6, 6.07) is 1.66. The van der Waals surface area contributed by atoms with Crippen LogP contribution in [0.25, 0.3) is 0 Å². The van der Waals surface area contributed by atoms with Crippen LogP contribution in [-0.2, 0) is 35.4 Å². The van der Waals surface area contributed by atoms with Gasteiger partial charge in [0.15, 0.2) is 0 Å². The Kier molecular flexibility index (Phi) is 9.18. The first kappa shape index (κ1) is 30.7. The van der Waals surface area contributed by atoms with Crippen LogP contribution in [0.3, 0.4) is 0 Å². The van der Waals surface area contributed by atoms with Crippen molar-refractivity contribution in [3.05, 3.63) is 29.8 Å². The molecule has 1 aromatic carbocycles. The predicted molar refractivity (Wildman–Crippen MR) is 106 cm³/mol. The van der Waals surface area contributed by atoms with Crippen molar-refractivity contribution < 1.29 is 71.9 Å². The fourth-order valence-electron chi connectivity index (χ4n) is 3.28. The lowest BCUT2D eigenvalue weighted by atomic mass is 9.89. The van der Waals surface area contributed by atoms with E-state index in [-0.39, 0.29) is 12.8 Å². The molecule has 8 nitrogen and oxygen atoms in total. The standard InChI is InChI=1S/C20H20F8O8S/c21-17(22,37(31,32)33)10-11-34-18(20(26,27)28,36-15(29)12-4-2-1-3-5-12)16(30)35-14-8-6-13(7-9-14)19(23,24)25/h6-9,12H,1-5,10-11H2,(H,31,32,33). The Balaban J connectivity index is 2.40. The number of carbonyl (C=O) groups is 2. The lowest BCUT2D eigenvalue weighted by Crippen LogP contribution is -2.60. The van der Waals surface area contributed by atoms with E-state index in [2.05, 4.69) is 14.2 Å². The fraction of sp³-hybridized carbons (Fsp3) is 0.600. The Bertz CT molecular complexity index is 1060. The molecule has 0 heterocycles. The van der Waals surface area contributed by atoms with Gasteiger partial charge in [0.1, 0.15) is 5.75 Å². The summed E-state index contributed by atoms with van der Waals surface area (Å²) >= 11 is 0. The summed E-state index contributed by atoms with van der Waals surface area (Å²) in [6.45, 7) is -1.90. The van der Waals surface area contributed by atoms with Gasteiger partial charge in [0.05, 0.1) is 24.5 Å². The Hall–Kier alpha value is -2.53. The smallest absolute Gasteiger partial charge is 0.421 e. The zero-order valence-electron chi connectivity index (χ0n) is 18.6. The summed E-state index contributed by atoms with van der Waals surface area (Å²) in [5.74, 6) is -10.9. The second-order valence-corrected chi connectivity index (χ2v) is 9.54. The van der Waals surface area contributed by atoms with Gasteiger partial charge in [-0.25, -0.2) is 4.79 Å². The number of alkyl halides is 8. The van der Waals surface area contributed by atoms with Gasteiger partial charge in [0.25, 0.3) is 0 Å². The molecule has 0 aromatic heterocycles. The Morgan fingerprint density at radius 1 is 0.919 bits per heavy atom. The second-order valence-electron chi connectivity index (χ2n) is 7.99. The third-order valence-electron chi connectivity index (χ3n) is 5.29. The van der Waals surface area contributed by atoms with E-state index in [9.17, 15) is 53.1 Å². The molecule has 0 saturated heterocycles. The summed E-state index contributed by atoms with van der Waals surface area (Å²) in [6.07, 6.45) is -11.3. The molecule has 0 radical (unpaired) electrons. The van der Waals surface area contributed by atoms with Gasteiger partial charge in [0.2, 0.25) is 0 Å². The van der Waals surface area contributed by atoms with Gasteiger partial charge >= 0.3 is 45.5 Å². The van der Waals surface area contributed by atoms with E-state index in [4.69, 9.17) is 4.55 Å². The first-order valence-corrected chi connectivity index (χ1v) is 11.9. The Morgan fingerprint density at radius 2 is 1.46 bits per heavy atom. The molecule has 0 aliphatic heterocycles. The average Bonchev–Trinajstić information content (AvgIpc) is 2.77. The third kappa shape index (κ3) is 7.50. The molecule has 1 aliphatic carbocycles. The maximum Gasteiger partial charge on any atom is 0.468 e. The molecule has 1 saturated carbocycles. The number of carbonyl (C=O) groups excluding carboxylic acids is 2. The summed E-state index contributed by atoms with van der Waals surface area (Å²) in [7, 11) is -6.09. The molecular formula is C20H20F8O8S. The lowest BCUT2D eigenvalue weighted by molar-refractivity contribution is -0.355. The summed E-state index contributed by atoms with van der Waals surface area (Å²) < 4.78 is 151. The second kappa shape index (κ2) is 11.1. The van der Waals surface area contributed by atoms with Crippen LogP contribution in [0, 0.1) is 5.92 Å². The fourth-order valence-corrected chi connectivity index (χ4v) is 3.62. The van der Waals surface area contributed by atoms with Gasteiger partial charge in [-0.15, -0.1) is 0 Å². The van der Waals surface area contributed by atoms with Crippen LogP contribution in [0.2, 0.25) is 0 Å². The van der Waals surface area contributed by atoms with E-state index in [0.717, 1.165) is 0 Å². The van der Waals surface area contributed by atoms with Gasteiger partial charge in [-0.1, -0.05) is 19.3 Å². The van der Waals surface area contributed by atoms with Crippen LogP contribution >= 0.6 is 0 Å². The minimum atomic E-state index is -6.09. The Labute approximate surface area is 204 Å². The van der Waals surface area contributed by atoms with Crippen molar-refractivity contribution in [1.29, 1.82) is 0 Å². The summed E-state index contributed by atoms with van der Waals surface area (Å²) in [4.78, 5) is 25.1. The quantitative estimate of drug-likeness (QED) is 0.146. The zero-order chi connectivity index (χ0) is 28.3. The highest BCUT2D eigenvalue weighted by atomic mass is 32.2. The molecule has 37 heavy (non-hydrogen) atoms. The maximum atomic E-state index is 14.1. The highest BCUT2D eigenvalue weighted by Gasteiger charge is 2.68. The molecule has 0 bridgehead atoms. The maximum absolute atomic E-state index is 14.1. The van der Waals surface area contributed by atoms with E-state index < -0.39 is 75.7 Å². The third-order valence-corrected chi connectivity index (χ3v) is 6.25. The largest absolute Gasteiger partial charge is 0.468 e. The number of rotatable bonds is 9. The molecule has 1 unspecified atom stereocenters. The number of halogens is 8. The van der Waals surface area contributed by atoms with Crippen LogP contribution in [0.4, 0.5) is 35.1 Å². The highest BCUT2D eigenvalue weighted by Crippen LogP contribution is 2.40. The van der Waals surface area contributed by atoms with E-state index in [1.807, 2.05) is 0 Å². The first-order valence-electron chi connectivity index (χ1n) is 10.5. The predicted octanol–water partition coefficient (Wildman–Crippen LogP) is 4.88. The lowest BCUT2D eigenvalue weighted by Gasteiger charge is -2.34. The summed E-state index contributed by atoms with van der Waals surface area (Å²) in [5.41, 5.74) is -1.25. The monoisotopic (exact) mass is 572 g/mol. The number of ether oxygens (including phenoxy) is 3. The van der Waals surface area contributed by atoms with Crippen molar-refractivity contribution in [2.24, 2.45) is 5.92 Å². The van der Waals surface area contributed by atoms with E-state index in [1.54, 1.807) is 0 Å². The van der Waals surface area contributed by atoms with Gasteiger partial charge in [0, 0.05) is 0 Å². The van der Waals surface area contributed by atoms with E-state index in [1.165, 1.54) is 0 Å². The summed E-state index contributed by atoms with van der Waals surface area (Å²) in [5, 5.41) is -5.00. The molecule has 2 rings (SSSR count). The highest BCUT2D eigenvalue weighted by molar-refractivity contribution is 7.86. The molecule has 1 atom stereocenters. The van der Waals surface area contributed by atoms with Crippen LogP contribution in [0.15, 0.2) is 24.3 Å². The normalized spacial score (nSPS) is 17.6. The van der Waals surface area contributed by atoms with Crippen molar-refractivity contribution >= 4 is 22.1 Å². The van der Waals surface area contributed by atoms with Gasteiger partial charge in [-0.3, -0.25) is 9.35 Å². The average molecular weight is 572 g/mol. The van der Waals surface area contributed by atoms with Gasteiger partial charge < -0.3 is 14.2 Å². The van der Waals surface area contributed by atoms with Crippen molar-refractivity contribution in [3.8, 4) is 5.75 Å². The van der Waals surface area contributed by atoms with Crippen molar-refractivity contribution in [2.75, 3.05) is 6.61 Å². The topological polar surface area (TPSA) is 116 Å². The number of hydrogen-bond acceptors (Lipinski definition) is 7. The minimum absolute atomic E-state index is 0.0710. The Morgan fingerprint density at radius 3 is 1.92 bits per heavy atom. The minimum Gasteiger partial charge on any atom is -0.421 e. The van der Waals surface area contributed by atoms with Crippen molar-refractivity contribution in [1.82, 2.24) is 0 Å². The number of hydrogen-bond donors (Lipinski definition) is 1. The number of benzene rings is 1. The van der Waals surface area contributed by atoms with Gasteiger partial charge in [-0.2, -0.15) is 43.5 Å². The van der Waals surface area contributed by atoms with E-state index in [0.29, 0.717) is 43.5 Å². The first-order chi connectivity index (χ1) is 16.8. The molecule has 17 heteroatoms.